The van der Waals surface area contributed by atoms with Gasteiger partial charge in [-0.2, -0.15) is 0 Å². The number of hydrogen-bond acceptors (Lipinski definition) is 6. The van der Waals surface area contributed by atoms with Crippen molar-refractivity contribution in [3.05, 3.63) is 29.6 Å². The Bertz CT molecular complexity index is 718. The number of carbonyl (C=O) groups is 1. The minimum absolute atomic E-state index is 0.00238. The van der Waals surface area contributed by atoms with E-state index >= 15 is 0 Å². The Morgan fingerprint density at radius 1 is 1.48 bits per heavy atom. The SMILES string of the molecule is COc1ccc(CSc2nnc(N(C(C)=O)C3CC3)s2)cc1F. The Kier molecular flexibility index (Phi) is 4.82. The molecule has 3 rings (SSSR count). The monoisotopic (exact) mass is 353 g/mol. The van der Waals surface area contributed by atoms with Crippen LogP contribution in [0, 0.1) is 5.82 Å². The normalized spacial score (nSPS) is 13.9. The van der Waals surface area contributed by atoms with Crippen molar-refractivity contribution in [2.45, 2.75) is 35.9 Å². The van der Waals surface area contributed by atoms with E-state index in [-0.39, 0.29) is 23.5 Å². The second-order valence-corrected chi connectivity index (χ2v) is 7.41. The topological polar surface area (TPSA) is 55.3 Å². The number of amides is 1. The first kappa shape index (κ1) is 16.2. The average Bonchev–Trinajstić information content (AvgIpc) is 3.23. The molecule has 0 bridgehead atoms. The molecule has 0 spiro atoms. The first-order valence-corrected chi connectivity index (χ1v) is 8.97. The van der Waals surface area contributed by atoms with Crippen LogP contribution in [-0.4, -0.2) is 29.3 Å². The maximum Gasteiger partial charge on any atom is 0.225 e. The highest BCUT2D eigenvalue weighted by atomic mass is 32.2. The fraction of sp³-hybridized carbons (Fsp3) is 0.400. The Labute approximate surface area is 141 Å². The summed E-state index contributed by atoms with van der Waals surface area (Å²) in [5.74, 6) is 0.440. The molecule has 122 valence electrons. The van der Waals surface area contributed by atoms with Crippen LogP contribution in [0.15, 0.2) is 22.5 Å². The first-order valence-electron chi connectivity index (χ1n) is 7.17. The number of carbonyl (C=O) groups excluding carboxylic acids is 1. The molecule has 1 aromatic heterocycles. The fourth-order valence-corrected chi connectivity index (χ4v) is 4.08. The van der Waals surface area contributed by atoms with E-state index in [1.54, 1.807) is 17.9 Å². The van der Waals surface area contributed by atoms with Gasteiger partial charge in [-0.15, -0.1) is 10.2 Å². The van der Waals surface area contributed by atoms with Crippen LogP contribution in [0.25, 0.3) is 0 Å². The van der Waals surface area contributed by atoms with E-state index in [0.717, 1.165) is 22.7 Å². The number of thioether (sulfide) groups is 1. The van der Waals surface area contributed by atoms with E-state index in [1.165, 1.54) is 36.3 Å². The van der Waals surface area contributed by atoms with Crippen molar-refractivity contribution in [3.8, 4) is 5.75 Å². The minimum atomic E-state index is -0.375. The van der Waals surface area contributed by atoms with Crippen LogP contribution >= 0.6 is 23.1 Å². The summed E-state index contributed by atoms with van der Waals surface area (Å²) >= 11 is 2.87. The number of hydrogen-bond donors (Lipinski definition) is 0. The van der Waals surface area contributed by atoms with Gasteiger partial charge in [-0.3, -0.25) is 9.69 Å². The van der Waals surface area contributed by atoms with Gasteiger partial charge >= 0.3 is 0 Å². The molecule has 1 aliphatic rings. The Morgan fingerprint density at radius 3 is 2.87 bits per heavy atom. The summed E-state index contributed by atoms with van der Waals surface area (Å²) in [4.78, 5) is 13.4. The summed E-state index contributed by atoms with van der Waals surface area (Å²) in [5.41, 5.74) is 0.843. The van der Waals surface area contributed by atoms with Crippen molar-refractivity contribution >= 4 is 34.1 Å². The highest BCUT2D eigenvalue weighted by Crippen LogP contribution is 2.36. The van der Waals surface area contributed by atoms with Crippen LogP contribution in [0.3, 0.4) is 0 Å². The summed E-state index contributed by atoms with van der Waals surface area (Å²) in [7, 11) is 1.44. The van der Waals surface area contributed by atoms with Crippen molar-refractivity contribution in [2.75, 3.05) is 12.0 Å². The van der Waals surface area contributed by atoms with Crippen LogP contribution in [0.5, 0.6) is 5.75 Å². The van der Waals surface area contributed by atoms with E-state index in [0.29, 0.717) is 10.9 Å². The van der Waals surface area contributed by atoms with Crippen molar-refractivity contribution in [3.63, 3.8) is 0 Å². The smallest absolute Gasteiger partial charge is 0.225 e. The molecule has 0 aliphatic heterocycles. The quantitative estimate of drug-likeness (QED) is 0.588. The Hall–Kier alpha value is -1.67. The second-order valence-electron chi connectivity index (χ2n) is 5.23. The average molecular weight is 353 g/mol. The number of nitrogens with zero attached hydrogens (tertiary/aromatic N) is 3. The lowest BCUT2D eigenvalue weighted by molar-refractivity contribution is -0.116. The molecule has 1 fully saturated rings. The lowest BCUT2D eigenvalue weighted by atomic mass is 10.2. The van der Waals surface area contributed by atoms with Gasteiger partial charge < -0.3 is 4.74 Å². The Balaban J connectivity index is 1.65. The van der Waals surface area contributed by atoms with Crippen molar-refractivity contribution in [1.82, 2.24) is 10.2 Å². The second kappa shape index (κ2) is 6.84. The van der Waals surface area contributed by atoms with Crippen LogP contribution in [0.2, 0.25) is 0 Å². The van der Waals surface area contributed by atoms with Gasteiger partial charge in [0, 0.05) is 18.7 Å². The molecule has 5 nitrogen and oxygen atoms in total. The highest BCUT2D eigenvalue weighted by molar-refractivity contribution is 8.00. The van der Waals surface area contributed by atoms with Gasteiger partial charge in [0.2, 0.25) is 11.0 Å². The summed E-state index contributed by atoms with van der Waals surface area (Å²) in [5, 5.41) is 8.88. The number of anilines is 1. The molecule has 1 aliphatic carbocycles. The zero-order valence-corrected chi connectivity index (χ0v) is 14.4. The van der Waals surface area contributed by atoms with E-state index < -0.39 is 0 Å². The van der Waals surface area contributed by atoms with Crippen molar-refractivity contribution in [2.24, 2.45) is 0 Å². The van der Waals surface area contributed by atoms with Gasteiger partial charge in [-0.1, -0.05) is 29.2 Å². The third-order valence-electron chi connectivity index (χ3n) is 3.43. The molecule has 0 radical (unpaired) electrons. The van der Waals surface area contributed by atoms with Crippen molar-refractivity contribution in [1.29, 1.82) is 0 Å². The number of aromatic nitrogens is 2. The molecule has 1 saturated carbocycles. The van der Waals surface area contributed by atoms with Gasteiger partial charge in [0.25, 0.3) is 0 Å². The standard InChI is InChI=1S/C15H16FN3O2S2/c1-9(20)19(11-4-5-11)14-17-18-15(23-14)22-8-10-3-6-13(21-2)12(16)7-10/h3,6-7,11H,4-5,8H2,1-2H3. The predicted octanol–water partition coefficient (Wildman–Crippen LogP) is 3.49. The molecule has 0 N–H and O–H groups in total. The molecule has 1 aromatic carbocycles. The van der Waals surface area contributed by atoms with Gasteiger partial charge in [-0.25, -0.2) is 4.39 Å². The zero-order valence-electron chi connectivity index (χ0n) is 12.8. The molecule has 0 unspecified atom stereocenters. The number of rotatable bonds is 6. The number of benzene rings is 1. The van der Waals surface area contributed by atoms with Gasteiger partial charge in [0.15, 0.2) is 15.9 Å². The number of methoxy groups -OCH3 is 1. The summed E-state index contributed by atoms with van der Waals surface area (Å²) in [6.07, 6.45) is 2.04. The number of ether oxygens (including phenoxy) is 1. The molecule has 0 atom stereocenters. The number of halogens is 1. The maximum atomic E-state index is 13.7. The van der Waals surface area contributed by atoms with E-state index in [4.69, 9.17) is 4.74 Å². The molecule has 2 aromatic rings. The first-order chi connectivity index (χ1) is 11.1. The third kappa shape index (κ3) is 3.81. The lowest BCUT2D eigenvalue weighted by Gasteiger charge is -2.15. The summed E-state index contributed by atoms with van der Waals surface area (Å²) < 4.78 is 19.3. The largest absolute Gasteiger partial charge is 0.494 e. The molecule has 0 saturated heterocycles. The third-order valence-corrected chi connectivity index (χ3v) is 5.56. The minimum Gasteiger partial charge on any atom is -0.494 e. The molecule has 1 amide bonds. The van der Waals surface area contributed by atoms with E-state index in [1.807, 2.05) is 6.07 Å². The van der Waals surface area contributed by atoms with Gasteiger partial charge in [0.1, 0.15) is 0 Å². The summed E-state index contributed by atoms with van der Waals surface area (Å²) in [6.45, 7) is 1.55. The fourth-order valence-electron chi connectivity index (χ4n) is 2.18. The van der Waals surface area contributed by atoms with E-state index in [9.17, 15) is 9.18 Å². The zero-order chi connectivity index (χ0) is 16.4. The van der Waals surface area contributed by atoms with Crippen LogP contribution in [0.1, 0.15) is 25.3 Å². The van der Waals surface area contributed by atoms with Crippen LogP contribution in [-0.2, 0) is 10.5 Å². The van der Waals surface area contributed by atoms with Gasteiger partial charge in [0.05, 0.1) is 7.11 Å². The van der Waals surface area contributed by atoms with Crippen LogP contribution < -0.4 is 9.64 Å². The molecular formula is C15H16FN3O2S2. The lowest BCUT2D eigenvalue weighted by Crippen LogP contribution is -2.30. The van der Waals surface area contributed by atoms with Crippen molar-refractivity contribution < 1.29 is 13.9 Å². The molecule has 23 heavy (non-hydrogen) atoms. The maximum absolute atomic E-state index is 13.7. The highest BCUT2D eigenvalue weighted by Gasteiger charge is 2.34. The summed E-state index contributed by atoms with van der Waals surface area (Å²) in [6, 6.07) is 5.17. The molecule has 8 heteroatoms. The molecular weight excluding hydrogens is 337 g/mol. The Morgan fingerprint density at radius 2 is 2.26 bits per heavy atom. The van der Waals surface area contributed by atoms with Gasteiger partial charge in [-0.05, 0) is 30.5 Å². The predicted molar refractivity (Wildman–Crippen MR) is 88.6 cm³/mol. The molecule has 1 heterocycles. The van der Waals surface area contributed by atoms with Crippen LogP contribution in [0.4, 0.5) is 9.52 Å². The van der Waals surface area contributed by atoms with E-state index in [2.05, 4.69) is 10.2 Å².